The Morgan fingerprint density at radius 1 is 1.39 bits per heavy atom. The third kappa shape index (κ3) is 4.74. The van der Waals surface area contributed by atoms with Crippen LogP contribution in [0.15, 0.2) is 29.2 Å². The molecule has 4 N–H and O–H groups in total. The summed E-state index contributed by atoms with van der Waals surface area (Å²) in [6.45, 7) is 4.97. The van der Waals surface area contributed by atoms with E-state index in [1.807, 2.05) is 0 Å². The predicted octanol–water partition coefficient (Wildman–Crippen LogP) is -0.317. The van der Waals surface area contributed by atoms with Gasteiger partial charge in [-0.25, -0.2) is 13.1 Å². The minimum Gasteiger partial charge on any atom is -0.391 e. The van der Waals surface area contributed by atoms with E-state index < -0.39 is 16.1 Å². The number of aliphatic hydroxyl groups excluding tert-OH is 1. The van der Waals surface area contributed by atoms with Crippen LogP contribution < -0.4 is 15.4 Å². The van der Waals surface area contributed by atoms with Gasteiger partial charge in [0.15, 0.2) is 0 Å². The Kier molecular flexibility index (Phi) is 5.74. The number of sulfonamides is 1. The first-order chi connectivity index (χ1) is 10.8. The maximum atomic E-state index is 12.2. The molecular weight excluding hydrogens is 318 g/mol. The van der Waals surface area contributed by atoms with Gasteiger partial charge in [0.05, 0.1) is 11.0 Å². The van der Waals surface area contributed by atoms with Crippen LogP contribution in [0.3, 0.4) is 0 Å². The van der Waals surface area contributed by atoms with Crippen molar-refractivity contribution in [3.63, 3.8) is 0 Å². The molecule has 0 aliphatic carbocycles. The number of β-amino-alcohol motifs (C(OH)–C–C–N with tert-alkyl or cyclic N) is 1. The van der Waals surface area contributed by atoms with Crippen LogP contribution in [0, 0.1) is 5.92 Å². The highest BCUT2D eigenvalue weighted by Crippen LogP contribution is 2.13. The summed E-state index contributed by atoms with van der Waals surface area (Å²) in [5, 5.41) is 15.5. The van der Waals surface area contributed by atoms with Gasteiger partial charge in [-0.3, -0.25) is 4.79 Å². The van der Waals surface area contributed by atoms with Crippen molar-refractivity contribution in [2.75, 3.05) is 19.6 Å². The normalized spacial score (nSPS) is 21.6. The molecule has 0 spiro atoms. The van der Waals surface area contributed by atoms with Crippen molar-refractivity contribution in [1.29, 1.82) is 0 Å². The van der Waals surface area contributed by atoms with Crippen LogP contribution >= 0.6 is 0 Å². The predicted molar refractivity (Wildman–Crippen MR) is 86.6 cm³/mol. The summed E-state index contributed by atoms with van der Waals surface area (Å²) in [5.41, 5.74) is 0.275. The van der Waals surface area contributed by atoms with E-state index in [0.717, 1.165) is 0 Å². The lowest BCUT2D eigenvalue weighted by molar-refractivity contribution is 0.0927. The van der Waals surface area contributed by atoms with E-state index in [1.54, 1.807) is 19.9 Å². The second-order valence-corrected chi connectivity index (χ2v) is 7.71. The Balaban J connectivity index is 2.05. The van der Waals surface area contributed by atoms with Crippen molar-refractivity contribution < 1.29 is 18.3 Å². The van der Waals surface area contributed by atoms with Gasteiger partial charge in [-0.2, -0.15) is 0 Å². The third-order valence-electron chi connectivity index (χ3n) is 3.63. The van der Waals surface area contributed by atoms with Gasteiger partial charge in [0.1, 0.15) is 0 Å². The molecule has 7 nitrogen and oxygen atoms in total. The van der Waals surface area contributed by atoms with Gasteiger partial charge < -0.3 is 15.7 Å². The van der Waals surface area contributed by atoms with Crippen LogP contribution in [0.1, 0.15) is 24.2 Å². The average molecular weight is 341 g/mol. The van der Waals surface area contributed by atoms with Crippen LogP contribution in [-0.2, 0) is 10.0 Å². The molecule has 1 amide bonds. The molecule has 8 heteroatoms. The van der Waals surface area contributed by atoms with Crippen LogP contribution in [-0.4, -0.2) is 51.2 Å². The van der Waals surface area contributed by atoms with Crippen molar-refractivity contribution >= 4 is 15.9 Å². The van der Waals surface area contributed by atoms with Crippen LogP contribution in [0.5, 0.6) is 0 Å². The average Bonchev–Trinajstić information content (AvgIpc) is 2.89. The molecule has 1 heterocycles. The summed E-state index contributed by atoms with van der Waals surface area (Å²) in [7, 11) is -3.63. The Labute approximate surface area is 136 Å². The molecule has 128 valence electrons. The maximum absolute atomic E-state index is 12.2. The first kappa shape index (κ1) is 17.9. The minimum atomic E-state index is -3.63. The van der Waals surface area contributed by atoms with Gasteiger partial charge in [0.25, 0.3) is 5.91 Å². The van der Waals surface area contributed by atoms with E-state index in [2.05, 4.69) is 15.4 Å². The lowest BCUT2D eigenvalue weighted by Crippen LogP contribution is -2.34. The summed E-state index contributed by atoms with van der Waals surface area (Å²) in [4.78, 5) is 12.2. The van der Waals surface area contributed by atoms with E-state index >= 15 is 0 Å². The number of rotatable bonds is 6. The van der Waals surface area contributed by atoms with Gasteiger partial charge in [0, 0.05) is 37.2 Å². The number of benzene rings is 1. The van der Waals surface area contributed by atoms with Gasteiger partial charge in [-0.05, 0) is 32.0 Å². The number of amides is 1. The smallest absolute Gasteiger partial charge is 0.251 e. The molecule has 23 heavy (non-hydrogen) atoms. The summed E-state index contributed by atoms with van der Waals surface area (Å²) >= 11 is 0. The highest BCUT2D eigenvalue weighted by Gasteiger charge is 2.25. The monoisotopic (exact) mass is 341 g/mol. The zero-order chi connectivity index (χ0) is 17.0. The highest BCUT2D eigenvalue weighted by molar-refractivity contribution is 7.89. The summed E-state index contributed by atoms with van der Waals surface area (Å²) < 4.78 is 26.8. The van der Waals surface area contributed by atoms with Crippen molar-refractivity contribution in [1.82, 2.24) is 15.4 Å². The van der Waals surface area contributed by atoms with Gasteiger partial charge in [-0.1, -0.05) is 6.07 Å². The Morgan fingerprint density at radius 3 is 2.74 bits per heavy atom. The molecule has 1 aromatic carbocycles. The summed E-state index contributed by atoms with van der Waals surface area (Å²) in [6.07, 6.45) is -0.475. The number of hydrogen-bond donors (Lipinski definition) is 4. The molecule has 1 saturated heterocycles. The SMILES string of the molecule is CC(C)NS(=O)(=O)c1cccc(C(=O)NCC2CNCC2O)c1. The quantitative estimate of drug-likeness (QED) is 0.567. The fourth-order valence-corrected chi connectivity index (χ4v) is 3.73. The zero-order valence-corrected chi connectivity index (χ0v) is 14.1. The van der Waals surface area contributed by atoms with Crippen molar-refractivity contribution in [3.05, 3.63) is 29.8 Å². The van der Waals surface area contributed by atoms with E-state index in [4.69, 9.17) is 0 Å². The standard InChI is InChI=1S/C15H23N3O4S/c1-10(2)18-23(21,22)13-5-3-4-11(6-13)15(20)17-8-12-7-16-9-14(12)19/h3-6,10,12,14,16,18-19H,7-9H2,1-2H3,(H,17,20). The first-order valence-electron chi connectivity index (χ1n) is 7.59. The lowest BCUT2D eigenvalue weighted by atomic mass is 10.1. The second kappa shape index (κ2) is 7.39. The number of hydrogen-bond acceptors (Lipinski definition) is 5. The van der Waals surface area contributed by atoms with Crippen LogP contribution in [0.25, 0.3) is 0 Å². The topological polar surface area (TPSA) is 108 Å². The fraction of sp³-hybridized carbons (Fsp3) is 0.533. The third-order valence-corrected chi connectivity index (χ3v) is 5.28. The maximum Gasteiger partial charge on any atom is 0.251 e. The molecule has 1 fully saturated rings. The lowest BCUT2D eigenvalue weighted by Gasteiger charge is -2.14. The molecule has 1 aliphatic rings. The second-order valence-electron chi connectivity index (χ2n) is 6.00. The van der Waals surface area contributed by atoms with E-state index in [0.29, 0.717) is 19.6 Å². The Bertz CT molecular complexity index is 660. The van der Waals surface area contributed by atoms with E-state index in [1.165, 1.54) is 18.2 Å². The molecule has 0 radical (unpaired) electrons. The number of carbonyl (C=O) groups excluding carboxylic acids is 1. The summed E-state index contributed by atoms with van der Waals surface area (Å²) in [6, 6.07) is 5.67. The van der Waals surface area contributed by atoms with E-state index in [9.17, 15) is 18.3 Å². The first-order valence-corrected chi connectivity index (χ1v) is 9.07. The largest absolute Gasteiger partial charge is 0.391 e. The Hall–Kier alpha value is -1.48. The van der Waals surface area contributed by atoms with Crippen LogP contribution in [0.2, 0.25) is 0 Å². The molecule has 1 aliphatic heterocycles. The number of carbonyl (C=O) groups is 1. The number of aliphatic hydroxyl groups is 1. The molecule has 0 aromatic heterocycles. The molecule has 0 saturated carbocycles. The van der Waals surface area contributed by atoms with Gasteiger partial charge in [-0.15, -0.1) is 0 Å². The molecule has 2 unspecified atom stereocenters. The van der Waals surface area contributed by atoms with Crippen molar-refractivity contribution in [2.24, 2.45) is 5.92 Å². The highest BCUT2D eigenvalue weighted by atomic mass is 32.2. The number of nitrogens with one attached hydrogen (secondary N) is 3. The molecule has 1 aromatic rings. The molecular formula is C15H23N3O4S. The zero-order valence-electron chi connectivity index (χ0n) is 13.2. The molecule has 0 bridgehead atoms. The van der Waals surface area contributed by atoms with Gasteiger partial charge >= 0.3 is 0 Å². The van der Waals surface area contributed by atoms with E-state index in [-0.39, 0.29) is 28.3 Å². The molecule has 2 atom stereocenters. The molecule has 2 rings (SSSR count). The Morgan fingerprint density at radius 2 is 2.13 bits per heavy atom. The van der Waals surface area contributed by atoms with Crippen molar-refractivity contribution in [3.8, 4) is 0 Å². The van der Waals surface area contributed by atoms with Gasteiger partial charge in [0.2, 0.25) is 10.0 Å². The fourth-order valence-electron chi connectivity index (χ4n) is 2.44. The summed E-state index contributed by atoms with van der Waals surface area (Å²) in [5.74, 6) is -0.390. The van der Waals surface area contributed by atoms with Crippen LogP contribution in [0.4, 0.5) is 0 Å². The minimum absolute atomic E-state index is 0.0338. The van der Waals surface area contributed by atoms with Crippen molar-refractivity contribution in [2.45, 2.75) is 30.9 Å².